The van der Waals surface area contributed by atoms with Gasteiger partial charge in [-0.25, -0.2) is 4.57 Å². The lowest BCUT2D eigenvalue weighted by molar-refractivity contribution is -0.220. The van der Waals surface area contributed by atoms with Crippen molar-refractivity contribution >= 4 is 19.8 Å². The number of aliphatic hydroxyl groups is 5. The summed E-state index contributed by atoms with van der Waals surface area (Å²) < 4.78 is 39.2. The topological polar surface area (TPSA) is 222 Å². The number of rotatable bonds is 38. The first-order valence-corrected chi connectivity index (χ1v) is 25.4. The highest BCUT2D eigenvalue weighted by atomic mass is 31.2. The van der Waals surface area contributed by atoms with Crippen molar-refractivity contribution in [3.63, 3.8) is 0 Å². The summed E-state index contributed by atoms with van der Waals surface area (Å²) in [6.07, 6.45) is 26.6. The molecule has 0 aromatic heterocycles. The Morgan fingerprint density at radius 2 is 1.06 bits per heavy atom. The van der Waals surface area contributed by atoms with Crippen LogP contribution < -0.4 is 0 Å². The second-order valence-corrected chi connectivity index (χ2v) is 18.4. The number of carbonyl (C=O) groups excluding carboxylic acids is 2. The van der Waals surface area contributed by atoms with Crippen LogP contribution in [0.2, 0.25) is 0 Å². The van der Waals surface area contributed by atoms with E-state index in [2.05, 4.69) is 38.2 Å². The molecular formula is C47H83O14P. The Kier molecular flexibility index (Phi) is 31.1. The van der Waals surface area contributed by atoms with Gasteiger partial charge in [0.25, 0.3) is 0 Å². The summed E-state index contributed by atoms with van der Waals surface area (Å²) in [7, 11) is -5.14. The number of aliphatic hydroxyl groups excluding tert-OH is 5. The molecule has 15 heteroatoms. The van der Waals surface area contributed by atoms with E-state index in [1.165, 1.54) is 89.9 Å². The van der Waals surface area contributed by atoms with Gasteiger partial charge in [0.2, 0.25) is 0 Å². The van der Waals surface area contributed by atoms with Crippen molar-refractivity contribution in [2.45, 2.75) is 236 Å². The fourth-order valence-electron chi connectivity index (χ4n) is 7.43. The van der Waals surface area contributed by atoms with E-state index in [4.69, 9.17) is 23.3 Å². The van der Waals surface area contributed by atoms with E-state index < -0.39 is 75.7 Å². The number of epoxide rings is 1. The van der Waals surface area contributed by atoms with Crippen LogP contribution >= 0.6 is 7.82 Å². The monoisotopic (exact) mass is 903 g/mol. The molecule has 0 spiro atoms. The summed E-state index contributed by atoms with van der Waals surface area (Å²) in [6.45, 7) is 3.23. The van der Waals surface area contributed by atoms with Crippen molar-refractivity contribution in [3.05, 3.63) is 36.5 Å². The van der Waals surface area contributed by atoms with E-state index in [9.17, 15) is 44.6 Å². The molecule has 1 heterocycles. The predicted molar refractivity (Wildman–Crippen MR) is 239 cm³/mol. The molecule has 1 aliphatic carbocycles. The summed E-state index contributed by atoms with van der Waals surface area (Å²) in [4.78, 5) is 35.7. The lowest BCUT2D eigenvalue weighted by Gasteiger charge is -2.41. The minimum Gasteiger partial charge on any atom is -0.462 e. The van der Waals surface area contributed by atoms with Gasteiger partial charge in [-0.1, -0.05) is 159 Å². The van der Waals surface area contributed by atoms with Crippen LogP contribution in [0.1, 0.15) is 181 Å². The van der Waals surface area contributed by atoms with E-state index in [-0.39, 0.29) is 12.8 Å². The minimum absolute atomic E-state index is 0.0184. The van der Waals surface area contributed by atoms with Crippen LogP contribution in [0.15, 0.2) is 36.5 Å². The lowest BCUT2D eigenvalue weighted by atomic mass is 9.85. The average Bonchev–Trinajstić information content (AvgIpc) is 4.01. The smallest absolute Gasteiger partial charge is 0.462 e. The molecule has 6 N–H and O–H groups in total. The van der Waals surface area contributed by atoms with Gasteiger partial charge in [-0.3, -0.25) is 18.6 Å². The molecule has 8 atom stereocenters. The second-order valence-electron chi connectivity index (χ2n) is 17.0. The Morgan fingerprint density at radius 3 is 1.65 bits per heavy atom. The van der Waals surface area contributed by atoms with Gasteiger partial charge >= 0.3 is 19.8 Å². The number of unbranched alkanes of at least 4 members (excludes halogenated alkanes) is 17. The Morgan fingerprint density at radius 1 is 0.581 bits per heavy atom. The number of carbonyl (C=O) groups is 2. The maximum absolute atomic E-state index is 12.8. The maximum atomic E-state index is 12.8. The standard InChI is InChI=1S/C47H83O14P/c1-3-5-7-8-9-10-11-12-13-14-15-19-22-25-29-33-40(48)57-35-37(36-58-62(55,56)61-47-45(53)43(51)42(50)44(52)46(47)54)59-41(49)34-30-26-23-20-17-16-18-21-24-28-32-39-38(60-39)31-27-6-4-2/h16,18,20,23-24,28,37-39,42-47,50-54H,3-15,17,19,21-22,25-27,29-36H2,1-2H3,(H,55,56). The fraction of sp³-hybridized carbons (Fsp3) is 0.830. The molecule has 2 fully saturated rings. The number of phosphoric acid groups is 1. The summed E-state index contributed by atoms with van der Waals surface area (Å²) in [5, 5.41) is 50.2. The summed E-state index contributed by atoms with van der Waals surface area (Å²) >= 11 is 0. The van der Waals surface area contributed by atoms with Crippen LogP contribution in [0.5, 0.6) is 0 Å². The van der Waals surface area contributed by atoms with E-state index in [1.807, 2.05) is 12.2 Å². The fourth-order valence-corrected chi connectivity index (χ4v) is 8.41. The molecule has 8 unspecified atom stereocenters. The molecular weight excluding hydrogens is 819 g/mol. The molecule has 0 bridgehead atoms. The van der Waals surface area contributed by atoms with Crippen LogP contribution in [-0.2, 0) is 37.4 Å². The van der Waals surface area contributed by atoms with Gasteiger partial charge in [0.15, 0.2) is 6.10 Å². The molecule has 62 heavy (non-hydrogen) atoms. The average molecular weight is 903 g/mol. The zero-order chi connectivity index (χ0) is 45.4. The third-order valence-corrected chi connectivity index (χ3v) is 12.4. The Balaban J connectivity index is 1.72. The highest BCUT2D eigenvalue weighted by Gasteiger charge is 2.51. The number of esters is 2. The molecule has 0 radical (unpaired) electrons. The highest BCUT2D eigenvalue weighted by molar-refractivity contribution is 7.47. The van der Waals surface area contributed by atoms with Crippen molar-refractivity contribution in [2.75, 3.05) is 13.2 Å². The summed E-state index contributed by atoms with van der Waals surface area (Å²) in [6, 6.07) is 0. The number of hydrogen-bond donors (Lipinski definition) is 6. The quantitative estimate of drug-likeness (QED) is 0.0113. The third-order valence-electron chi connectivity index (χ3n) is 11.4. The normalized spacial score (nSPS) is 25.4. The first-order chi connectivity index (χ1) is 29.9. The molecule has 2 rings (SSSR count). The van der Waals surface area contributed by atoms with Gasteiger partial charge in [0.05, 0.1) is 18.8 Å². The zero-order valence-corrected chi connectivity index (χ0v) is 38.8. The number of allylic oxidation sites excluding steroid dienone is 5. The van der Waals surface area contributed by atoms with Gasteiger partial charge in [-0.15, -0.1) is 0 Å². The minimum atomic E-state index is -5.14. The highest BCUT2D eigenvalue weighted by Crippen LogP contribution is 2.47. The molecule has 0 amide bonds. The van der Waals surface area contributed by atoms with Crippen molar-refractivity contribution in [1.29, 1.82) is 0 Å². The largest absolute Gasteiger partial charge is 0.472 e. The van der Waals surface area contributed by atoms with Gasteiger partial charge in [-0.05, 0) is 44.9 Å². The van der Waals surface area contributed by atoms with E-state index in [1.54, 1.807) is 0 Å². The first-order valence-electron chi connectivity index (χ1n) is 23.9. The lowest BCUT2D eigenvalue weighted by Crippen LogP contribution is -2.64. The van der Waals surface area contributed by atoms with Crippen molar-refractivity contribution < 1.29 is 67.8 Å². The third kappa shape index (κ3) is 26.1. The molecule has 1 aliphatic heterocycles. The molecule has 1 saturated heterocycles. The Labute approximate surface area is 372 Å². The Hall–Kier alpha value is -1.97. The van der Waals surface area contributed by atoms with Gasteiger partial charge in [-0.2, -0.15) is 0 Å². The Bertz CT molecular complexity index is 1290. The summed E-state index contributed by atoms with van der Waals surface area (Å²) in [5.41, 5.74) is 0. The molecule has 14 nitrogen and oxygen atoms in total. The molecule has 360 valence electrons. The van der Waals surface area contributed by atoms with Crippen LogP contribution in [0, 0.1) is 0 Å². The molecule has 2 aliphatic rings. The second kappa shape index (κ2) is 34.4. The van der Waals surface area contributed by atoms with Crippen molar-refractivity contribution in [3.8, 4) is 0 Å². The molecule has 0 aromatic carbocycles. The van der Waals surface area contributed by atoms with E-state index >= 15 is 0 Å². The van der Waals surface area contributed by atoms with E-state index in [0.717, 1.165) is 44.9 Å². The van der Waals surface area contributed by atoms with Crippen molar-refractivity contribution in [2.24, 2.45) is 0 Å². The first kappa shape index (κ1) is 56.2. The van der Waals surface area contributed by atoms with Crippen LogP contribution in [0.3, 0.4) is 0 Å². The number of hydrogen-bond acceptors (Lipinski definition) is 13. The van der Waals surface area contributed by atoms with Crippen molar-refractivity contribution in [1.82, 2.24) is 0 Å². The summed E-state index contributed by atoms with van der Waals surface area (Å²) in [5.74, 6) is -1.17. The molecule has 1 saturated carbocycles. The number of ether oxygens (including phenoxy) is 3. The SMILES string of the molecule is CCCCCCCCCCCCCCCCCC(=O)OCC(COP(=O)(O)OC1C(O)C(O)C(O)C(O)C1O)OC(=O)CCCC=CCC=CCC=CCC1OC1CCCCC. The number of phosphoric ester groups is 1. The zero-order valence-electron chi connectivity index (χ0n) is 37.9. The molecule has 0 aromatic rings. The van der Waals surface area contributed by atoms with Crippen LogP contribution in [0.4, 0.5) is 0 Å². The van der Waals surface area contributed by atoms with Gasteiger partial charge < -0.3 is 44.6 Å². The van der Waals surface area contributed by atoms with Gasteiger partial charge in [0.1, 0.15) is 43.2 Å². The van der Waals surface area contributed by atoms with E-state index in [0.29, 0.717) is 31.5 Å². The van der Waals surface area contributed by atoms with Crippen LogP contribution in [0.25, 0.3) is 0 Å². The van der Waals surface area contributed by atoms with Crippen LogP contribution in [-0.4, -0.2) is 111 Å². The maximum Gasteiger partial charge on any atom is 0.472 e. The predicted octanol–water partition coefficient (Wildman–Crippen LogP) is 8.38. The van der Waals surface area contributed by atoms with Gasteiger partial charge in [0, 0.05) is 12.8 Å².